The van der Waals surface area contributed by atoms with Gasteiger partial charge in [-0.05, 0) is 57.2 Å². The third-order valence-electron chi connectivity index (χ3n) is 4.78. The van der Waals surface area contributed by atoms with Crippen molar-refractivity contribution < 1.29 is 0 Å². The summed E-state index contributed by atoms with van der Waals surface area (Å²) in [6, 6.07) is 3.76. The predicted molar refractivity (Wildman–Crippen MR) is 93.9 cm³/mol. The first-order valence-corrected chi connectivity index (χ1v) is 9.29. The smallest absolute Gasteiger partial charge is 0.0302 e. The van der Waals surface area contributed by atoms with E-state index in [0.29, 0.717) is 6.04 Å². The molecule has 0 unspecified atom stereocenters. The van der Waals surface area contributed by atoms with Crippen LogP contribution >= 0.6 is 11.3 Å². The van der Waals surface area contributed by atoms with Gasteiger partial charge in [0.25, 0.3) is 0 Å². The monoisotopic (exact) mass is 308 g/mol. The van der Waals surface area contributed by atoms with Crippen molar-refractivity contribution in [1.82, 2.24) is 10.2 Å². The van der Waals surface area contributed by atoms with Crippen molar-refractivity contribution in [3.8, 4) is 0 Å². The third kappa shape index (κ3) is 5.08. The van der Waals surface area contributed by atoms with Gasteiger partial charge in [-0.1, -0.05) is 20.8 Å². The summed E-state index contributed by atoms with van der Waals surface area (Å²) in [7, 11) is 2.31. The molecule has 0 spiro atoms. The van der Waals surface area contributed by atoms with Gasteiger partial charge in [0.05, 0.1) is 0 Å². The molecule has 0 aromatic carbocycles. The molecular formula is C18H32N2S. The maximum atomic E-state index is 3.52. The van der Waals surface area contributed by atoms with Gasteiger partial charge in [-0.3, -0.25) is 4.90 Å². The molecule has 0 saturated heterocycles. The van der Waals surface area contributed by atoms with Crippen molar-refractivity contribution in [2.45, 2.75) is 78.6 Å². The van der Waals surface area contributed by atoms with Gasteiger partial charge in [-0.25, -0.2) is 0 Å². The molecule has 0 atom stereocenters. The minimum absolute atomic E-state index is 0.558. The molecule has 0 radical (unpaired) electrons. The van der Waals surface area contributed by atoms with Crippen LogP contribution in [0.25, 0.3) is 0 Å². The highest BCUT2D eigenvalue weighted by molar-refractivity contribution is 7.12. The second kappa shape index (κ2) is 7.75. The van der Waals surface area contributed by atoms with Crippen molar-refractivity contribution in [1.29, 1.82) is 0 Å². The van der Waals surface area contributed by atoms with Crippen LogP contribution in [0.15, 0.2) is 6.07 Å². The Morgan fingerprint density at radius 1 is 1.29 bits per heavy atom. The van der Waals surface area contributed by atoms with Gasteiger partial charge < -0.3 is 5.32 Å². The summed E-state index contributed by atoms with van der Waals surface area (Å²) in [6.07, 6.45) is 5.56. The van der Waals surface area contributed by atoms with Crippen LogP contribution in [-0.4, -0.2) is 24.0 Å². The summed E-state index contributed by atoms with van der Waals surface area (Å²) in [5, 5.41) is 3.52. The second-order valence-electron chi connectivity index (χ2n) is 7.16. The molecule has 0 amide bonds. The Hall–Kier alpha value is -0.380. The zero-order valence-corrected chi connectivity index (χ0v) is 15.2. The molecule has 2 nitrogen and oxygen atoms in total. The molecule has 1 aliphatic carbocycles. The Balaban J connectivity index is 1.89. The van der Waals surface area contributed by atoms with Crippen molar-refractivity contribution >= 4 is 11.3 Å². The van der Waals surface area contributed by atoms with Crippen LogP contribution in [0.1, 0.15) is 61.8 Å². The summed E-state index contributed by atoms with van der Waals surface area (Å²) in [6.45, 7) is 11.2. The molecule has 0 aliphatic heterocycles. The fourth-order valence-electron chi connectivity index (χ4n) is 3.22. The Kier molecular flexibility index (Phi) is 6.27. The molecule has 3 heteroatoms. The molecule has 1 aromatic heterocycles. The first kappa shape index (κ1) is 17.0. The van der Waals surface area contributed by atoms with Gasteiger partial charge >= 0.3 is 0 Å². The number of hydrogen-bond acceptors (Lipinski definition) is 3. The molecule has 1 saturated carbocycles. The largest absolute Gasteiger partial charge is 0.310 e. The normalized spacial score (nSPS) is 23.2. The number of thiophene rings is 1. The molecule has 1 heterocycles. The van der Waals surface area contributed by atoms with E-state index in [4.69, 9.17) is 0 Å². The van der Waals surface area contributed by atoms with Crippen molar-refractivity contribution in [3.63, 3.8) is 0 Å². The zero-order chi connectivity index (χ0) is 15.4. The highest BCUT2D eigenvalue weighted by Gasteiger charge is 2.22. The van der Waals surface area contributed by atoms with E-state index in [9.17, 15) is 0 Å². The van der Waals surface area contributed by atoms with Crippen LogP contribution in [0.5, 0.6) is 0 Å². The van der Waals surface area contributed by atoms with E-state index < -0.39 is 0 Å². The molecule has 1 N–H and O–H groups in total. The van der Waals surface area contributed by atoms with Gasteiger partial charge in [0.2, 0.25) is 0 Å². The molecule has 21 heavy (non-hydrogen) atoms. The lowest BCUT2D eigenvalue weighted by molar-refractivity contribution is 0.164. The number of rotatable bonds is 6. The summed E-state index contributed by atoms with van der Waals surface area (Å²) in [4.78, 5) is 5.55. The molecule has 1 fully saturated rings. The van der Waals surface area contributed by atoms with Crippen molar-refractivity contribution in [3.05, 3.63) is 21.4 Å². The Morgan fingerprint density at radius 2 is 1.95 bits per heavy atom. The molecule has 120 valence electrons. The minimum Gasteiger partial charge on any atom is -0.310 e. The lowest BCUT2D eigenvalue weighted by Crippen LogP contribution is -2.34. The predicted octanol–water partition coefficient (Wildman–Crippen LogP) is 4.57. The van der Waals surface area contributed by atoms with Gasteiger partial charge in [0.15, 0.2) is 0 Å². The van der Waals surface area contributed by atoms with Gasteiger partial charge in [-0.2, -0.15) is 0 Å². The highest BCUT2D eigenvalue weighted by Crippen LogP contribution is 2.29. The van der Waals surface area contributed by atoms with Gasteiger partial charge in [-0.15, -0.1) is 11.3 Å². The van der Waals surface area contributed by atoms with Gasteiger partial charge in [0.1, 0.15) is 0 Å². The highest BCUT2D eigenvalue weighted by atomic mass is 32.1. The van der Waals surface area contributed by atoms with Crippen LogP contribution in [0.4, 0.5) is 0 Å². The van der Waals surface area contributed by atoms with E-state index >= 15 is 0 Å². The van der Waals surface area contributed by atoms with E-state index in [0.717, 1.165) is 25.0 Å². The summed E-state index contributed by atoms with van der Waals surface area (Å²) >= 11 is 1.96. The Bertz CT molecular complexity index is 430. The number of hydrogen-bond donors (Lipinski definition) is 1. The fraction of sp³-hybridized carbons (Fsp3) is 0.778. The lowest BCUT2D eigenvalue weighted by atomic mass is 9.86. The maximum Gasteiger partial charge on any atom is 0.0302 e. The van der Waals surface area contributed by atoms with Crippen molar-refractivity contribution in [2.24, 2.45) is 5.92 Å². The van der Waals surface area contributed by atoms with Gasteiger partial charge in [0, 0.05) is 34.9 Å². The van der Waals surface area contributed by atoms with E-state index in [1.807, 2.05) is 11.3 Å². The number of nitrogens with zero attached hydrogens (tertiary/aromatic N) is 1. The van der Waals surface area contributed by atoms with Crippen LogP contribution in [0.3, 0.4) is 0 Å². The molecule has 1 aliphatic rings. The van der Waals surface area contributed by atoms with E-state index in [1.165, 1.54) is 41.0 Å². The first-order valence-electron chi connectivity index (χ1n) is 8.47. The minimum atomic E-state index is 0.558. The number of nitrogens with one attached hydrogen (secondary N) is 1. The second-order valence-corrected chi connectivity index (χ2v) is 8.50. The van der Waals surface area contributed by atoms with Crippen LogP contribution in [-0.2, 0) is 13.1 Å². The molecule has 0 bridgehead atoms. The third-order valence-corrected chi connectivity index (χ3v) is 5.88. The lowest BCUT2D eigenvalue weighted by Gasteiger charge is -2.33. The zero-order valence-electron chi connectivity index (χ0n) is 14.4. The molecule has 1 aromatic rings. The Morgan fingerprint density at radius 3 is 2.57 bits per heavy atom. The summed E-state index contributed by atoms with van der Waals surface area (Å²) < 4.78 is 0. The maximum absolute atomic E-state index is 3.52. The van der Waals surface area contributed by atoms with Crippen LogP contribution < -0.4 is 5.32 Å². The molecular weight excluding hydrogens is 276 g/mol. The van der Waals surface area contributed by atoms with Crippen molar-refractivity contribution in [2.75, 3.05) is 7.05 Å². The van der Waals surface area contributed by atoms with E-state index in [2.05, 4.69) is 51.0 Å². The quantitative estimate of drug-likeness (QED) is 0.828. The molecule has 2 rings (SSSR count). The fourth-order valence-corrected chi connectivity index (χ4v) is 4.22. The number of aryl methyl sites for hydroxylation is 1. The standard InChI is InChI=1S/C18H32N2S/c1-13(2)19-11-18-10-16(15(4)21-18)12-20(5)17-8-6-14(3)7-9-17/h10,13-14,17,19H,6-9,11-12H2,1-5H3. The topological polar surface area (TPSA) is 15.3 Å². The summed E-state index contributed by atoms with van der Waals surface area (Å²) in [5.74, 6) is 0.936. The first-order chi connectivity index (χ1) is 9.95. The van der Waals surface area contributed by atoms with Crippen LogP contribution in [0.2, 0.25) is 0 Å². The Labute approximate surface area is 134 Å². The SMILES string of the molecule is Cc1sc(CNC(C)C)cc1CN(C)C1CCC(C)CC1. The average molecular weight is 309 g/mol. The van der Waals surface area contributed by atoms with E-state index in [1.54, 1.807) is 0 Å². The summed E-state index contributed by atoms with van der Waals surface area (Å²) in [5.41, 5.74) is 1.53. The van der Waals surface area contributed by atoms with Crippen LogP contribution in [0, 0.1) is 12.8 Å². The van der Waals surface area contributed by atoms with E-state index in [-0.39, 0.29) is 0 Å². The average Bonchev–Trinajstić information content (AvgIpc) is 2.78.